The number of benzene rings is 2. The van der Waals surface area contributed by atoms with Crippen LogP contribution in [0.15, 0.2) is 42.5 Å². The minimum absolute atomic E-state index is 0.0238. The Hall–Kier alpha value is -2.86. The Morgan fingerprint density at radius 3 is 2.45 bits per heavy atom. The second-order valence-corrected chi connectivity index (χ2v) is 7.46. The molecule has 0 aromatic heterocycles. The second-order valence-electron chi connectivity index (χ2n) is 7.46. The van der Waals surface area contributed by atoms with Gasteiger partial charge in [-0.3, -0.25) is 9.69 Å². The first-order valence-electron chi connectivity index (χ1n) is 10.3. The quantitative estimate of drug-likeness (QED) is 0.867. The van der Waals surface area contributed by atoms with E-state index in [1.165, 1.54) is 5.56 Å². The molecule has 0 unspecified atom stereocenters. The van der Waals surface area contributed by atoms with Gasteiger partial charge < -0.3 is 15.0 Å². The van der Waals surface area contributed by atoms with Crippen LogP contribution in [0, 0.1) is 0 Å². The molecule has 2 heterocycles. The van der Waals surface area contributed by atoms with E-state index in [2.05, 4.69) is 11.4 Å². The highest BCUT2D eigenvalue weighted by Gasteiger charge is 2.24. The van der Waals surface area contributed by atoms with Gasteiger partial charge in [0.2, 0.25) is 0 Å². The Kier molecular flexibility index (Phi) is 5.81. The van der Waals surface area contributed by atoms with E-state index in [1.54, 1.807) is 0 Å². The lowest BCUT2D eigenvalue weighted by atomic mass is 10.0. The van der Waals surface area contributed by atoms with Crippen LogP contribution in [0.2, 0.25) is 0 Å². The maximum atomic E-state index is 12.6. The van der Waals surface area contributed by atoms with Crippen LogP contribution >= 0.6 is 0 Å². The number of morpholine rings is 1. The molecule has 1 fully saturated rings. The van der Waals surface area contributed by atoms with Gasteiger partial charge in [-0.25, -0.2) is 4.79 Å². The molecule has 2 aromatic carbocycles. The zero-order valence-corrected chi connectivity index (χ0v) is 16.8. The SMILES string of the molecule is CCCNC(=O)N1CCc2cc(-c3ccc(C(=O)N4CCOCC4)cc3)ccc21. The summed E-state index contributed by atoms with van der Waals surface area (Å²) in [6, 6.07) is 14.0. The van der Waals surface area contributed by atoms with E-state index in [-0.39, 0.29) is 11.9 Å². The van der Waals surface area contributed by atoms with Crippen LogP contribution in [-0.4, -0.2) is 56.2 Å². The molecule has 6 heteroatoms. The molecule has 2 aliphatic rings. The molecule has 29 heavy (non-hydrogen) atoms. The third-order valence-electron chi connectivity index (χ3n) is 5.51. The lowest BCUT2D eigenvalue weighted by Gasteiger charge is -2.26. The Bertz CT molecular complexity index is 889. The number of nitrogens with one attached hydrogen (secondary N) is 1. The molecule has 2 aliphatic heterocycles. The van der Waals surface area contributed by atoms with Gasteiger partial charge in [0.15, 0.2) is 0 Å². The van der Waals surface area contributed by atoms with Crippen molar-refractivity contribution in [3.05, 3.63) is 53.6 Å². The van der Waals surface area contributed by atoms with E-state index >= 15 is 0 Å². The number of carbonyl (C=O) groups excluding carboxylic acids is 2. The largest absolute Gasteiger partial charge is 0.378 e. The number of fused-ring (bicyclic) bond motifs is 1. The number of carbonyl (C=O) groups is 2. The normalized spacial score (nSPS) is 15.9. The summed E-state index contributed by atoms with van der Waals surface area (Å²) in [4.78, 5) is 28.6. The summed E-state index contributed by atoms with van der Waals surface area (Å²) in [6.07, 6.45) is 1.78. The number of hydrogen-bond donors (Lipinski definition) is 1. The highest BCUT2D eigenvalue weighted by atomic mass is 16.5. The molecule has 0 spiro atoms. The van der Waals surface area contributed by atoms with E-state index in [0.29, 0.717) is 45.0 Å². The molecule has 152 valence electrons. The van der Waals surface area contributed by atoms with E-state index in [0.717, 1.165) is 29.7 Å². The van der Waals surface area contributed by atoms with Gasteiger partial charge in [-0.1, -0.05) is 25.1 Å². The van der Waals surface area contributed by atoms with E-state index in [1.807, 2.05) is 53.1 Å². The van der Waals surface area contributed by atoms with Crippen LogP contribution in [0.4, 0.5) is 10.5 Å². The zero-order valence-electron chi connectivity index (χ0n) is 16.8. The van der Waals surface area contributed by atoms with Crippen molar-refractivity contribution in [1.82, 2.24) is 10.2 Å². The predicted molar refractivity (Wildman–Crippen MR) is 113 cm³/mol. The second kappa shape index (κ2) is 8.66. The summed E-state index contributed by atoms with van der Waals surface area (Å²) in [5.41, 5.74) is 5.05. The molecule has 6 nitrogen and oxygen atoms in total. The molecule has 4 rings (SSSR count). The molecular formula is C23H27N3O3. The molecular weight excluding hydrogens is 366 g/mol. The maximum Gasteiger partial charge on any atom is 0.321 e. The third-order valence-corrected chi connectivity index (χ3v) is 5.51. The molecule has 0 atom stereocenters. The number of hydrogen-bond acceptors (Lipinski definition) is 3. The number of anilines is 1. The Morgan fingerprint density at radius 1 is 1.00 bits per heavy atom. The van der Waals surface area contributed by atoms with Crippen molar-refractivity contribution in [3.8, 4) is 11.1 Å². The molecule has 0 saturated carbocycles. The van der Waals surface area contributed by atoms with Crippen LogP contribution in [-0.2, 0) is 11.2 Å². The molecule has 1 saturated heterocycles. The standard InChI is InChI=1S/C23H27N3O3/c1-2-10-24-23(28)26-11-9-20-16-19(7-8-21(20)26)17-3-5-18(6-4-17)22(27)25-12-14-29-15-13-25/h3-8,16H,2,9-15H2,1H3,(H,24,28). The van der Waals surface area contributed by atoms with Crippen molar-refractivity contribution in [2.45, 2.75) is 19.8 Å². The lowest BCUT2D eigenvalue weighted by molar-refractivity contribution is 0.0303. The van der Waals surface area contributed by atoms with Gasteiger partial charge in [0.05, 0.1) is 13.2 Å². The van der Waals surface area contributed by atoms with E-state index < -0.39 is 0 Å². The highest BCUT2D eigenvalue weighted by molar-refractivity contribution is 5.96. The first-order valence-corrected chi connectivity index (χ1v) is 10.3. The van der Waals surface area contributed by atoms with E-state index in [9.17, 15) is 9.59 Å². The average Bonchev–Trinajstić information content (AvgIpc) is 3.21. The molecule has 2 aromatic rings. The van der Waals surface area contributed by atoms with Gasteiger partial charge in [-0.2, -0.15) is 0 Å². The van der Waals surface area contributed by atoms with Gasteiger partial charge in [0.1, 0.15) is 0 Å². The van der Waals surface area contributed by atoms with Crippen LogP contribution in [0.3, 0.4) is 0 Å². The average molecular weight is 393 g/mol. The van der Waals surface area contributed by atoms with Crippen molar-refractivity contribution >= 4 is 17.6 Å². The topological polar surface area (TPSA) is 61.9 Å². The fourth-order valence-corrected chi connectivity index (χ4v) is 3.87. The van der Waals surface area contributed by atoms with Crippen LogP contribution in [0.25, 0.3) is 11.1 Å². The summed E-state index contributed by atoms with van der Waals surface area (Å²) >= 11 is 0. The van der Waals surface area contributed by atoms with E-state index in [4.69, 9.17) is 4.74 Å². The molecule has 3 amide bonds. The van der Waals surface area contributed by atoms with Gasteiger partial charge in [-0.15, -0.1) is 0 Å². The Morgan fingerprint density at radius 2 is 1.72 bits per heavy atom. The van der Waals surface area contributed by atoms with Gasteiger partial charge in [-0.05, 0) is 53.8 Å². The van der Waals surface area contributed by atoms with Crippen LogP contribution in [0.1, 0.15) is 29.3 Å². The molecule has 0 aliphatic carbocycles. The van der Waals surface area contributed by atoms with Gasteiger partial charge >= 0.3 is 6.03 Å². The zero-order chi connectivity index (χ0) is 20.2. The van der Waals surface area contributed by atoms with Gasteiger partial charge in [0.25, 0.3) is 5.91 Å². The number of ether oxygens (including phenoxy) is 1. The lowest BCUT2D eigenvalue weighted by Crippen LogP contribution is -2.40. The third kappa shape index (κ3) is 4.12. The smallest absolute Gasteiger partial charge is 0.321 e. The van der Waals surface area contributed by atoms with Crippen molar-refractivity contribution in [2.24, 2.45) is 0 Å². The number of urea groups is 1. The molecule has 1 N–H and O–H groups in total. The summed E-state index contributed by atoms with van der Waals surface area (Å²) < 4.78 is 5.32. The number of nitrogens with zero attached hydrogens (tertiary/aromatic N) is 2. The maximum absolute atomic E-state index is 12.6. The summed E-state index contributed by atoms with van der Waals surface area (Å²) in [6.45, 7) is 5.95. The summed E-state index contributed by atoms with van der Waals surface area (Å²) in [7, 11) is 0. The van der Waals surface area contributed by atoms with Crippen molar-refractivity contribution in [3.63, 3.8) is 0 Å². The fourth-order valence-electron chi connectivity index (χ4n) is 3.87. The summed E-state index contributed by atoms with van der Waals surface area (Å²) in [5, 5.41) is 2.95. The minimum atomic E-state index is -0.0238. The van der Waals surface area contributed by atoms with Gasteiger partial charge in [0, 0.05) is 37.4 Å². The monoisotopic (exact) mass is 393 g/mol. The molecule has 0 radical (unpaired) electrons. The van der Waals surface area contributed by atoms with Crippen LogP contribution in [0.5, 0.6) is 0 Å². The van der Waals surface area contributed by atoms with Crippen molar-refractivity contribution < 1.29 is 14.3 Å². The number of rotatable bonds is 4. The summed E-state index contributed by atoms with van der Waals surface area (Å²) in [5.74, 6) is 0.0579. The fraction of sp³-hybridized carbons (Fsp3) is 0.391. The predicted octanol–water partition coefficient (Wildman–Crippen LogP) is 3.31. The van der Waals surface area contributed by atoms with Crippen LogP contribution < -0.4 is 10.2 Å². The minimum Gasteiger partial charge on any atom is -0.378 e. The Labute approximate surface area is 171 Å². The van der Waals surface area contributed by atoms with Crippen molar-refractivity contribution in [2.75, 3.05) is 44.3 Å². The first kappa shape index (κ1) is 19.5. The molecule has 0 bridgehead atoms. The van der Waals surface area contributed by atoms with Crippen molar-refractivity contribution in [1.29, 1.82) is 0 Å². The number of amides is 3. The highest BCUT2D eigenvalue weighted by Crippen LogP contribution is 2.32. The Balaban J connectivity index is 1.48. The first-order chi connectivity index (χ1) is 14.2.